The molecule has 3 rings (SSSR count). The Bertz CT molecular complexity index is 688. The van der Waals surface area contributed by atoms with Crippen LogP contribution in [0.5, 0.6) is 0 Å². The Morgan fingerprint density at radius 2 is 1.59 bits per heavy atom. The summed E-state index contributed by atoms with van der Waals surface area (Å²) in [7, 11) is 0. The van der Waals surface area contributed by atoms with Crippen LogP contribution in [0.1, 0.15) is 26.3 Å². The standard InChI is InChI=1S/C26H44N6/c1-4-27-26(28-22-24(3)23-31-16-14-29(5-2)15-17-31)32-20-18-30(19-21-32)13-9-12-25-10-7-6-8-11-25/h6-12,24H,4-5,13-23H2,1-3H3,(H,27,28)/b12-9+. The van der Waals surface area contributed by atoms with E-state index in [0.29, 0.717) is 5.92 Å². The van der Waals surface area contributed by atoms with E-state index in [1.54, 1.807) is 0 Å². The molecule has 0 saturated carbocycles. The quantitative estimate of drug-likeness (QED) is 0.472. The minimum absolute atomic E-state index is 0.584. The lowest BCUT2D eigenvalue weighted by atomic mass is 10.1. The Labute approximate surface area is 196 Å². The molecule has 1 N–H and O–H groups in total. The van der Waals surface area contributed by atoms with E-state index in [2.05, 4.69) is 88.2 Å². The van der Waals surface area contributed by atoms with E-state index >= 15 is 0 Å². The van der Waals surface area contributed by atoms with Crippen molar-refractivity contribution in [2.24, 2.45) is 10.9 Å². The molecular formula is C26H44N6. The molecule has 0 spiro atoms. The summed E-state index contributed by atoms with van der Waals surface area (Å²) >= 11 is 0. The number of rotatable bonds is 9. The Hall–Kier alpha value is -1.89. The van der Waals surface area contributed by atoms with E-state index in [0.717, 1.165) is 58.3 Å². The predicted molar refractivity (Wildman–Crippen MR) is 137 cm³/mol. The molecule has 0 aromatic heterocycles. The third kappa shape index (κ3) is 8.23. The minimum Gasteiger partial charge on any atom is -0.357 e. The largest absolute Gasteiger partial charge is 0.357 e. The fourth-order valence-corrected chi connectivity index (χ4v) is 4.50. The second-order valence-electron chi connectivity index (χ2n) is 9.14. The van der Waals surface area contributed by atoms with Crippen molar-refractivity contribution in [2.75, 3.05) is 85.1 Å². The van der Waals surface area contributed by atoms with Gasteiger partial charge in [0, 0.05) is 78.5 Å². The zero-order valence-electron chi connectivity index (χ0n) is 20.5. The Morgan fingerprint density at radius 3 is 2.25 bits per heavy atom. The second-order valence-corrected chi connectivity index (χ2v) is 9.14. The average Bonchev–Trinajstić information content (AvgIpc) is 2.83. The van der Waals surface area contributed by atoms with Gasteiger partial charge in [-0.2, -0.15) is 0 Å². The van der Waals surface area contributed by atoms with Crippen LogP contribution in [-0.2, 0) is 0 Å². The number of hydrogen-bond donors (Lipinski definition) is 1. The normalized spacial score (nSPS) is 20.7. The van der Waals surface area contributed by atoms with Gasteiger partial charge in [-0.1, -0.05) is 56.3 Å². The number of hydrogen-bond acceptors (Lipinski definition) is 4. The lowest BCUT2D eigenvalue weighted by molar-refractivity contribution is 0.125. The first kappa shape index (κ1) is 24.7. The summed E-state index contributed by atoms with van der Waals surface area (Å²) in [6, 6.07) is 10.5. The van der Waals surface area contributed by atoms with Crippen LogP contribution < -0.4 is 5.32 Å². The summed E-state index contributed by atoms with van der Waals surface area (Å²) in [5, 5.41) is 3.53. The van der Waals surface area contributed by atoms with Crippen LogP contribution in [0.15, 0.2) is 41.4 Å². The molecule has 0 bridgehead atoms. The first-order valence-electron chi connectivity index (χ1n) is 12.6. The van der Waals surface area contributed by atoms with Gasteiger partial charge in [-0.25, -0.2) is 0 Å². The van der Waals surface area contributed by atoms with Crippen LogP contribution in [0.4, 0.5) is 0 Å². The third-order valence-electron chi connectivity index (χ3n) is 6.51. The van der Waals surface area contributed by atoms with Crippen molar-refractivity contribution >= 4 is 12.0 Å². The van der Waals surface area contributed by atoms with Crippen LogP contribution >= 0.6 is 0 Å². The maximum atomic E-state index is 5.02. The van der Waals surface area contributed by atoms with E-state index in [4.69, 9.17) is 4.99 Å². The number of piperazine rings is 2. The minimum atomic E-state index is 0.584. The van der Waals surface area contributed by atoms with Crippen LogP contribution in [0.2, 0.25) is 0 Å². The predicted octanol–water partition coefficient (Wildman–Crippen LogP) is 2.56. The van der Waals surface area contributed by atoms with E-state index < -0.39 is 0 Å². The number of nitrogens with one attached hydrogen (secondary N) is 1. The average molecular weight is 441 g/mol. The SMILES string of the molecule is CCNC(=NCC(C)CN1CCN(CC)CC1)N1CCN(C/C=C/c2ccccc2)CC1. The summed E-state index contributed by atoms with van der Waals surface area (Å²) in [5.74, 6) is 1.68. The van der Waals surface area contributed by atoms with E-state index in [-0.39, 0.29) is 0 Å². The molecule has 1 aromatic rings. The van der Waals surface area contributed by atoms with Gasteiger partial charge in [-0.05, 0) is 24.9 Å². The van der Waals surface area contributed by atoms with Gasteiger partial charge in [0.1, 0.15) is 0 Å². The van der Waals surface area contributed by atoms with Crippen LogP contribution in [-0.4, -0.2) is 111 Å². The Morgan fingerprint density at radius 1 is 0.938 bits per heavy atom. The van der Waals surface area contributed by atoms with Gasteiger partial charge in [0.15, 0.2) is 5.96 Å². The van der Waals surface area contributed by atoms with Gasteiger partial charge < -0.3 is 20.0 Å². The molecular weight excluding hydrogens is 396 g/mol. The van der Waals surface area contributed by atoms with Crippen molar-refractivity contribution in [3.63, 3.8) is 0 Å². The molecule has 0 amide bonds. The lowest BCUT2D eigenvalue weighted by Gasteiger charge is -2.36. The maximum absolute atomic E-state index is 5.02. The van der Waals surface area contributed by atoms with Crippen molar-refractivity contribution in [2.45, 2.75) is 20.8 Å². The molecule has 2 aliphatic heterocycles. The molecule has 0 radical (unpaired) electrons. The highest BCUT2D eigenvalue weighted by molar-refractivity contribution is 5.80. The molecule has 6 nitrogen and oxygen atoms in total. The molecule has 2 aliphatic rings. The highest BCUT2D eigenvalue weighted by Gasteiger charge is 2.20. The van der Waals surface area contributed by atoms with Crippen molar-refractivity contribution in [3.8, 4) is 0 Å². The summed E-state index contributed by atoms with van der Waals surface area (Å²) in [4.78, 5) is 15.1. The van der Waals surface area contributed by atoms with Crippen molar-refractivity contribution in [1.82, 2.24) is 24.9 Å². The summed E-state index contributed by atoms with van der Waals surface area (Å²) < 4.78 is 0. The molecule has 1 atom stereocenters. The topological polar surface area (TPSA) is 37.4 Å². The molecule has 2 fully saturated rings. The van der Waals surface area contributed by atoms with E-state index in [1.807, 2.05) is 0 Å². The van der Waals surface area contributed by atoms with Crippen molar-refractivity contribution in [3.05, 3.63) is 42.0 Å². The summed E-state index contributed by atoms with van der Waals surface area (Å²) in [5.41, 5.74) is 1.27. The van der Waals surface area contributed by atoms with Gasteiger partial charge in [-0.3, -0.25) is 9.89 Å². The fraction of sp³-hybridized carbons (Fsp3) is 0.654. The fourth-order valence-electron chi connectivity index (χ4n) is 4.50. The van der Waals surface area contributed by atoms with E-state index in [1.165, 1.54) is 38.3 Å². The highest BCUT2D eigenvalue weighted by Crippen LogP contribution is 2.08. The van der Waals surface area contributed by atoms with Gasteiger partial charge in [-0.15, -0.1) is 0 Å². The van der Waals surface area contributed by atoms with Crippen LogP contribution in [0, 0.1) is 5.92 Å². The zero-order valence-corrected chi connectivity index (χ0v) is 20.5. The third-order valence-corrected chi connectivity index (χ3v) is 6.51. The molecule has 32 heavy (non-hydrogen) atoms. The highest BCUT2D eigenvalue weighted by atomic mass is 15.3. The Balaban J connectivity index is 1.41. The molecule has 1 unspecified atom stereocenters. The zero-order chi connectivity index (χ0) is 22.6. The van der Waals surface area contributed by atoms with Gasteiger partial charge in [0.25, 0.3) is 0 Å². The molecule has 2 heterocycles. The van der Waals surface area contributed by atoms with Gasteiger partial charge in [0.2, 0.25) is 0 Å². The van der Waals surface area contributed by atoms with Gasteiger partial charge in [0.05, 0.1) is 0 Å². The second kappa shape index (κ2) is 13.6. The summed E-state index contributed by atoms with van der Waals surface area (Å²) in [6.07, 6.45) is 4.51. The lowest BCUT2D eigenvalue weighted by Crippen LogP contribution is -2.52. The first-order valence-corrected chi connectivity index (χ1v) is 12.6. The van der Waals surface area contributed by atoms with Crippen molar-refractivity contribution < 1.29 is 0 Å². The maximum Gasteiger partial charge on any atom is 0.194 e. The number of aliphatic imine (C=N–C) groups is 1. The monoisotopic (exact) mass is 440 g/mol. The van der Waals surface area contributed by atoms with Gasteiger partial charge >= 0.3 is 0 Å². The molecule has 0 aliphatic carbocycles. The molecule has 6 heteroatoms. The molecule has 1 aromatic carbocycles. The first-order chi connectivity index (χ1) is 15.7. The number of likely N-dealkylation sites (N-methyl/N-ethyl adjacent to an activating group) is 1. The smallest absolute Gasteiger partial charge is 0.194 e. The number of guanidine groups is 1. The number of nitrogens with zero attached hydrogens (tertiary/aromatic N) is 5. The van der Waals surface area contributed by atoms with E-state index in [9.17, 15) is 0 Å². The van der Waals surface area contributed by atoms with Crippen LogP contribution in [0.3, 0.4) is 0 Å². The molecule has 2 saturated heterocycles. The summed E-state index contributed by atoms with van der Waals surface area (Å²) in [6.45, 7) is 21.0. The molecule has 178 valence electrons. The van der Waals surface area contributed by atoms with Crippen molar-refractivity contribution in [1.29, 1.82) is 0 Å². The number of benzene rings is 1. The van der Waals surface area contributed by atoms with Crippen LogP contribution in [0.25, 0.3) is 6.08 Å². The Kier molecular flexibility index (Phi) is 10.5.